The number of nitrogens with two attached hydrogens (primary N) is 1. The van der Waals surface area contributed by atoms with E-state index in [0.717, 1.165) is 42.7 Å². The molecule has 0 unspecified atom stereocenters. The Morgan fingerprint density at radius 3 is 2.76 bits per heavy atom. The number of imidazole rings is 1. The van der Waals surface area contributed by atoms with E-state index in [-0.39, 0.29) is 5.54 Å². The van der Waals surface area contributed by atoms with Crippen LogP contribution in [-0.4, -0.2) is 9.55 Å². The highest BCUT2D eigenvalue weighted by molar-refractivity contribution is 5.80. The van der Waals surface area contributed by atoms with E-state index >= 15 is 0 Å². The summed E-state index contributed by atoms with van der Waals surface area (Å²) in [5, 5.41) is 12.8. The fourth-order valence-corrected chi connectivity index (χ4v) is 3.86. The Morgan fingerprint density at radius 2 is 2.00 bits per heavy atom. The van der Waals surface area contributed by atoms with E-state index < -0.39 is 0 Å². The highest BCUT2D eigenvalue weighted by atomic mass is 15.3. The largest absolute Gasteiger partial charge is 0.384 e. The number of aromatic nitrogens is 2. The van der Waals surface area contributed by atoms with Crippen molar-refractivity contribution in [3.05, 3.63) is 35.7 Å². The third kappa shape index (κ3) is 1.53. The van der Waals surface area contributed by atoms with Gasteiger partial charge in [0.05, 0.1) is 22.1 Å². The molecule has 1 aromatic carbocycles. The highest BCUT2D eigenvalue weighted by Gasteiger charge is 2.44. The molecule has 2 aliphatic rings. The molecule has 0 amide bonds. The molecule has 106 valence electrons. The lowest BCUT2D eigenvalue weighted by atomic mass is 9.75. The summed E-state index contributed by atoms with van der Waals surface area (Å²) in [7, 11) is 0. The molecule has 0 bridgehead atoms. The van der Waals surface area contributed by atoms with Crippen molar-refractivity contribution in [3.63, 3.8) is 0 Å². The molecule has 1 aromatic heterocycles. The van der Waals surface area contributed by atoms with Gasteiger partial charge >= 0.3 is 0 Å². The van der Waals surface area contributed by atoms with Crippen molar-refractivity contribution in [1.29, 1.82) is 5.26 Å². The number of anilines is 1. The van der Waals surface area contributed by atoms with E-state index in [1.54, 1.807) is 0 Å². The van der Waals surface area contributed by atoms with Gasteiger partial charge in [0.25, 0.3) is 0 Å². The minimum Gasteiger partial charge on any atom is -0.384 e. The predicted molar refractivity (Wildman–Crippen MR) is 81.2 cm³/mol. The van der Waals surface area contributed by atoms with Crippen molar-refractivity contribution in [2.45, 2.75) is 37.6 Å². The van der Waals surface area contributed by atoms with Gasteiger partial charge in [0.1, 0.15) is 11.9 Å². The first-order valence-corrected chi connectivity index (χ1v) is 7.41. The minimum absolute atomic E-state index is 0.326. The maximum absolute atomic E-state index is 9.65. The summed E-state index contributed by atoms with van der Waals surface area (Å²) < 4.78 is 2.20. The lowest BCUT2D eigenvalue weighted by Gasteiger charge is -2.42. The standard InChI is InChI=1S/C16H17N5/c17-10-11-14(18)20-15-19-12-6-2-3-7-13(12)21(15)16(11)8-4-1-5-9-16/h2-3,6-7H,1,4-5,8-9,18H2,(H,19,20). The number of nitrogens with one attached hydrogen (secondary N) is 1. The number of rotatable bonds is 0. The molecule has 1 aliphatic carbocycles. The van der Waals surface area contributed by atoms with Gasteiger partial charge in [-0.1, -0.05) is 31.4 Å². The van der Waals surface area contributed by atoms with Gasteiger partial charge in [-0.05, 0) is 25.0 Å². The molecule has 2 heterocycles. The Bertz CT molecular complexity index is 787. The number of nitriles is 1. The van der Waals surface area contributed by atoms with E-state index in [4.69, 9.17) is 5.73 Å². The quantitative estimate of drug-likeness (QED) is 0.777. The second-order valence-electron chi connectivity index (χ2n) is 5.88. The third-order valence-electron chi connectivity index (χ3n) is 4.76. The molecule has 0 saturated heterocycles. The van der Waals surface area contributed by atoms with Crippen molar-refractivity contribution in [2.75, 3.05) is 5.32 Å². The average molecular weight is 279 g/mol. The van der Waals surface area contributed by atoms with Crippen LogP contribution in [-0.2, 0) is 5.54 Å². The molecule has 0 atom stereocenters. The Balaban J connectivity index is 2.05. The normalized spacial score (nSPS) is 20.1. The number of hydrogen-bond donors (Lipinski definition) is 2. The second kappa shape index (κ2) is 4.26. The molecule has 0 radical (unpaired) electrons. The minimum atomic E-state index is -0.326. The predicted octanol–water partition coefficient (Wildman–Crippen LogP) is 2.82. The first-order valence-electron chi connectivity index (χ1n) is 7.41. The average Bonchev–Trinajstić information content (AvgIpc) is 2.87. The monoisotopic (exact) mass is 279 g/mol. The van der Waals surface area contributed by atoms with E-state index in [1.807, 2.05) is 18.2 Å². The smallest absolute Gasteiger partial charge is 0.210 e. The molecule has 1 spiro atoms. The lowest BCUT2D eigenvalue weighted by Crippen LogP contribution is -2.43. The summed E-state index contributed by atoms with van der Waals surface area (Å²) in [6.45, 7) is 0. The first-order chi connectivity index (χ1) is 10.3. The number of fused-ring (bicyclic) bond motifs is 4. The van der Waals surface area contributed by atoms with Crippen LogP contribution in [0.3, 0.4) is 0 Å². The first kappa shape index (κ1) is 12.3. The third-order valence-corrected chi connectivity index (χ3v) is 4.76. The van der Waals surface area contributed by atoms with Gasteiger partial charge in [0.2, 0.25) is 5.95 Å². The molecule has 5 heteroatoms. The molecule has 2 aromatic rings. The lowest BCUT2D eigenvalue weighted by molar-refractivity contribution is 0.249. The van der Waals surface area contributed by atoms with Crippen LogP contribution in [0.4, 0.5) is 5.95 Å². The topological polar surface area (TPSA) is 79.7 Å². The van der Waals surface area contributed by atoms with Crippen LogP contribution in [0, 0.1) is 11.3 Å². The van der Waals surface area contributed by atoms with Crippen molar-refractivity contribution >= 4 is 17.0 Å². The van der Waals surface area contributed by atoms with E-state index in [1.165, 1.54) is 6.42 Å². The molecule has 21 heavy (non-hydrogen) atoms. The molecular weight excluding hydrogens is 262 g/mol. The molecule has 3 N–H and O–H groups in total. The van der Waals surface area contributed by atoms with E-state index in [0.29, 0.717) is 11.4 Å². The Hall–Kier alpha value is -2.48. The van der Waals surface area contributed by atoms with Gasteiger partial charge in [0, 0.05) is 0 Å². The number of nitrogens with zero attached hydrogens (tertiary/aromatic N) is 3. The van der Waals surface area contributed by atoms with Gasteiger partial charge in [-0.15, -0.1) is 0 Å². The van der Waals surface area contributed by atoms with Crippen LogP contribution >= 0.6 is 0 Å². The van der Waals surface area contributed by atoms with E-state index in [9.17, 15) is 5.26 Å². The fraction of sp³-hybridized carbons (Fsp3) is 0.375. The van der Waals surface area contributed by atoms with Crippen LogP contribution < -0.4 is 11.1 Å². The summed E-state index contributed by atoms with van der Waals surface area (Å²) in [5.41, 5.74) is 8.48. The Morgan fingerprint density at radius 1 is 1.24 bits per heavy atom. The summed E-state index contributed by atoms with van der Waals surface area (Å²) >= 11 is 0. The summed E-state index contributed by atoms with van der Waals surface area (Å²) in [5.74, 6) is 1.22. The molecule has 1 fully saturated rings. The maximum atomic E-state index is 9.65. The van der Waals surface area contributed by atoms with Gasteiger partial charge in [-0.3, -0.25) is 4.57 Å². The Labute approximate surface area is 123 Å². The molecular formula is C16H17N5. The van der Waals surface area contributed by atoms with Gasteiger partial charge in [-0.2, -0.15) is 5.26 Å². The fourth-order valence-electron chi connectivity index (χ4n) is 3.86. The zero-order chi connectivity index (χ0) is 14.4. The van der Waals surface area contributed by atoms with Gasteiger partial charge in [-0.25, -0.2) is 4.98 Å². The van der Waals surface area contributed by atoms with Crippen molar-refractivity contribution in [3.8, 4) is 6.07 Å². The maximum Gasteiger partial charge on any atom is 0.210 e. The second-order valence-corrected chi connectivity index (χ2v) is 5.88. The van der Waals surface area contributed by atoms with Crippen LogP contribution in [0.5, 0.6) is 0 Å². The number of allylic oxidation sites excluding steroid dienone is 1. The summed E-state index contributed by atoms with van der Waals surface area (Å²) in [4.78, 5) is 4.65. The molecule has 1 aliphatic heterocycles. The van der Waals surface area contributed by atoms with E-state index in [2.05, 4.69) is 27.0 Å². The SMILES string of the molecule is N#CC1=C(N)Nc2nc3ccccc3n2C12CCCCC2. The molecule has 5 nitrogen and oxygen atoms in total. The zero-order valence-electron chi connectivity index (χ0n) is 11.8. The van der Waals surface area contributed by atoms with Gasteiger partial charge < -0.3 is 11.1 Å². The summed E-state index contributed by atoms with van der Waals surface area (Å²) in [6, 6.07) is 10.4. The van der Waals surface area contributed by atoms with Crippen LogP contribution in [0.15, 0.2) is 35.7 Å². The van der Waals surface area contributed by atoms with Crippen molar-refractivity contribution in [1.82, 2.24) is 9.55 Å². The molecule has 1 saturated carbocycles. The highest BCUT2D eigenvalue weighted by Crippen LogP contribution is 2.47. The van der Waals surface area contributed by atoms with Crippen LogP contribution in [0.25, 0.3) is 11.0 Å². The number of para-hydroxylation sites is 2. The van der Waals surface area contributed by atoms with Crippen molar-refractivity contribution in [2.24, 2.45) is 5.73 Å². The van der Waals surface area contributed by atoms with Crippen LogP contribution in [0.1, 0.15) is 32.1 Å². The zero-order valence-corrected chi connectivity index (χ0v) is 11.8. The number of hydrogen-bond acceptors (Lipinski definition) is 4. The summed E-state index contributed by atoms with van der Waals surface area (Å²) in [6.07, 6.45) is 5.35. The van der Waals surface area contributed by atoms with Gasteiger partial charge in [0.15, 0.2) is 0 Å². The van der Waals surface area contributed by atoms with Crippen LogP contribution in [0.2, 0.25) is 0 Å². The van der Waals surface area contributed by atoms with Crippen molar-refractivity contribution < 1.29 is 0 Å². The Kier molecular flexibility index (Phi) is 2.49. The number of benzene rings is 1. The molecule has 4 rings (SSSR count).